The van der Waals surface area contributed by atoms with E-state index in [1.165, 1.54) is 18.2 Å². The first-order valence-corrected chi connectivity index (χ1v) is 12.6. The van der Waals surface area contributed by atoms with Gasteiger partial charge in [-0.25, -0.2) is 19.2 Å². The molecule has 7 nitrogen and oxygen atoms in total. The SMILES string of the molecule is CCN(Cc1ccc(Cl)cc1)c1nc(-c2cccc(NC(=O)Nc3ccc(F)c(Cl)c3)c2)cn2ccnc12. The molecule has 0 aliphatic heterocycles. The van der Waals surface area contributed by atoms with Crippen LogP contribution < -0.4 is 15.5 Å². The van der Waals surface area contributed by atoms with Gasteiger partial charge in [0.2, 0.25) is 0 Å². The van der Waals surface area contributed by atoms with E-state index in [-0.39, 0.29) is 5.02 Å². The van der Waals surface area contributed by atoms with Gasteiger partial charge < -0.3 is 19.9 Å². The molecule has 192 valence electrons. The molecule has 0 spiro atoms. The smallest absolute Gasteiger partial charge is 0.323 e. The Labute approximate surface area is 228 Å². The maximum Gasteiger partial charge on any atom is 0.323 e. The number of hydrogen-bond donors (Lipinski definition) is 2. The molecule has 0 unspecified atom stereocenters. The molecule has 10 heteroatoms. The molecule has 0 bridgehead atoms. The Hall–Kier alpha value is -4.14. The quantitative estimate of drug-likeness (QED) is 0.220. The molecule has 5 rings (SSSR count). The first-order valence-electron chi connectivity index (χ1n) is 11.9. The van der Waals surface area contributed by atoms with Crippen molar-refractivity contribution < 1.29 is 9.18 Å². The Bertz CT molecular complexity index is 1610. The average molecular weight is 549 g/mol. The number of imidazole rings is 1. The molecule has 2 N–H and O–H groups in total. The summed E-state index contributed by atoms with van der Waals surface area (Å²) in [5.41, 5.74) is 4.32. The first kappa shape index (κ1) is 25.5. The zero-order chi connectivity index (χ0) is 26.6. The van der Waals surface area contributed by atoms with Gasteiger partial charge in [-0.3, -0.25) is 0 Å². The van der Waals surface area contributed by atoms with Gasteiger partial charge in [0.05, 0.1) is 10.7 Å². The predicted molar refractivity (Wildman–Crippen MR) is 151 cm³/mol. The van der Waals surface area contributed by atoms with Gasteiger partial charge >= 0.3 is 6.03 Å². The molecule has 2 amide bonds. The number of carbonyl (C=O) groups is 1. The van der Waals surface area contributed by atoms with Crippen molar-refractivity contribution in [3.05, 3.63) is 107 Å². The minimum absolute atomic E-state index is 0.0706. The summed E-state index contributed by atoms with van der Waals surface area (Å²) in [6.07, 6.45) is 5.52. The Kier molecular flexibility index (Phi) is 7.44. The van der Waals surface area contributed by atoms with Crippen molar-refractivity contribution in [3.8, 4) is 11.3 Å². The summed E-state index contributed by atoms with van der Waals surface area (Å²) in [6, 6.07) is 18.6. The van der Waals surface area contributed by atoms with Crippen LogP contribution in [0.3, 0.4) is 0 Å². The molecule has 2 aromatic heterocycles. The van der Waals surface area contributed by atoms with Crippen LogP contribution in [-0.2, 0) is 6.54 Å². The maximum absolute atomic E-state index is 13.4. The molecular formula is C28H23Cl2FN6O. The van der Waals surface area contributed by atoms with Crippen LogP contribution in [0.5, 0.6) is 0 Å². The van der Waals surface area contributed by atoms with Crippen LogP contribution in [0.25, 0.3) is 16.9 Å². The fraction of sp³-hybridized carbons (Fsp3) is 0.107. The van der Waals surface area contributed by atoms with Crippen molar-refractivity contribution in [1.29, 1.82) is 0 Å². The second kappa shape index (κ2) is 11.1. The summed E-state index contributed by atoms with van der Waals surface area (Å²) in [5.74, 6) is 0.191. The van der Waals surface area contributed by atoms with Crippen molar-refractivity contribution in [2.24, 2.45) is 0 Å². The van der Waals surface area contributed by atoms with E-state index in [0.29, 0.717) is 22.9 Å². The second-order valence-corrected chi connectivity index (χ2v) is 9.38. The van der Waals surface area contributed by atoms with E-state index in [4.69, 9.17) is 28.2 Å². The van der Waals surface area contributed by atoms with Crippen molar-refractivity contribution in [2.75, 3.05) is 22.1 Å². The lowest BCUT2D eigenvalue weighted by atomic mass is 10.1. The van der Waals surface area contributed by atoms with Crippen molar-refractivity contribution >= 4 is 52.1 Å². The summed E-state index contributed by atoms with van der Waals surface area (Å²) >= 11 is 11.9. The van der Waals surface area contributed by atoms with E-state index in [1.807, 2.05) is 59.3 Å². The van der Waals surface area contributed by atoms with Crippen LogP contribution in [-0.4, -0.2) is 26.9 Å². The number of fused-ring (bicyclic) bond motifs is 1. The number of amides is 2. The number of halogens is 3. The number of anilines is 3. The number of rotatable bonds is 7. The lowest BCUT2D eigenvalue weighted by Crippen LogP contribution is -2.24. The Morgan fingerprint density at radius 1 is 1.03 bits per heavy atom. The largest absolute Gasteiger partial charge is 0.349 e. The summed E-state index contributed by atoms with van der Waals surface area (Å²) in [4.78, 5) is 24.2. The van der Waals surface area contributed by atoms with Crippen LogP contribution in [0.4, 0.5) is 26.4 Å². The van der Waals surface area contributed by atoms with Gasteiger partial charge in [-0.2, -0.15) is 0 Å². The Morgan fingerprint density at radius 3 is 2.53 bits per heavy atom. The molecular weight excluding hydrogens is 526 g/mol. The number of nitrogens with zero attached hydrogens (tertiary/aromatic N) is 4. The normalized spacial score (nSPS) is 10.9. The van der Waals surface area contributed by atoms with Crippen molar-refractivity contribution in [2.45, 2.75) is 13.5 Å². The summed E-state index contributed by atoms with van der Waals surface area (Å²) in [5, 5.41) is 6.07. The molecule has 5 aromatic rings. The average Bonchev–Trinajstić information content (AvgIpc) is 3.39. The van der Waals surface area contributed by atoms with E-state index in [0.717, 1.165) is 34.8 Å². The van der Waals surface area contributed by atoms with Crippen molar-refractivity contribution in [3.63, 3.8) is 0 Å². The zero-order valence-electron chi connectivity index (χ0n) is 20.3. The predicted octanol–water partition coefficient (Wildman–Crippen LogP) is 7.51. The summed E-state index contributed by atoms with van der Waals surface area (Å²) in [6.45, 7) is 3.43. The third-order valence-corrected chi connectivity index (χ3v) is 6.46. The molecule has 0 saturated heterocycles. The molecule has 3 aromatic carbocycles. The van der Waals surface area contributed by atoms with Gasteiger partial charge in [-0.15, -0.1) is 0 Å². The van der Waals surface area contributed by atoms with E-state index in [1.54, 1.807) is 12.3 Å². The minimum Gasteiger partial charge on any atom is -0.349 e. The number of benzene rings is 3. The third kappa shape index (κ3) is 5.72. The fourth-order valence-corrected chi connectivity index (χ4v) is 4.34. The molecule has 0 aliphatic carbocycles. The lowest BCUT2D eigenvalue weighted by Gasteiger charge is -2.23. The first-order chi connectivity index (χ1) is 18.4. The monoisotopic (exact) mass is 548 g/mol. The maximum atomic E-state index is 13.4. The fourth-order valence-electron chi connectivity index (χ4n) is 4.04. The third-order valence-electron chi connectivity index (χ3n) is 5.92. The number of nitrogens with one attached hydrogen (secondary N) is 2. The van der Waals surface area contributed by atoms with E-state index >= 15 is 0 Å². The van der Waals surface area contributed by atoms with Gasteiger partial charge in [0.1, 0.15) is 5.82 Å². The molecule has 0 aliphatic rings. The Balaban J connectivity index is 1.41. The highest BCUT2D eigenvalue weighted by Crippen LogP contribution is 2.28. The number of aromatic nitrogens is 3. The molecule has 0 atom stereocenters. The van der Waals surface area contributed by atoms with Gasteiger partial charge in [0.15, 0.2) is 11.5 Å². The van der Waals surface area contributed by atoms with E-state index < -0.39 is 11.8 Å². The number of urea groups is 1. The molecule has 38 heavy (non-hydrogen) atoms. The lowest BCUT2D eigenvalue weighted by molar-refractivity contribution is 0.262. The van der Waals surface area contributed by atoms with E-state index in [9.17, 15) is 9.18 Å². The highest BCUT2D eigenvalue weighted by atomic mass is 35.5. The number of hydrogen-bond acceptors (Lipinski definition) is 4. The van der Waals surface area contributed by atoms with Gasteiger partial charge in [-0.05, 0) is 55.0 Å². The standard InChI is InChI=1S/C28H23Cl2FN6O/c1-2-36(16-18-6-8-20(29)9-7-18)27-26-32-12-13-37(26)17-25(35-27)19-4-3-5-21(14-19)33-28(38)34-22-10-11-24(31)23(30)15-22/h3-15,17H,2,16H2,1H3,(H2,33,34,38). The number of carbonyl (C=O) groups excluding carboxylic acids is 1. The highest BCUT2D eigenvalue weighted by molar-refractivity contribution is 6.31. The van der Waals surface area contributed by atoms with E-state index in [2.05, 4.69) is 27.4 Å². The molecule has 0 radical (unpaired) electrons. The summed E-state index contributed by atoms with van der Waals surface area (Å²) in [7, 11) is 0. The van der Waals surface area contributed by atoms with Gasteiger partial charge in [0, 0.05) is 53.6 Å². The minimum atomic E-state index is -0.554. The topological polar surface area (TPSA) is 74.6 Å². The van der Waals surface area contributed by atoms with Gasteiger partial charge in [-0.1, -0.05) is 47.5 Å². The van der Waals surface area contributed by atoms with Crippen LogP contribution in [0.1, 0.15) is 12.5 Å². The van der Waals surface area contributed by atoms with Crippen LogP contribution >= 0.6 is 23.2 Å². The molecule has 2 heterocycles. The zero-order valence-corrected chi connectivity index (χ0v) is 21.8. The molecule has 0 fully saturated rings. The second-order valence-electron chi connectivity index (χ2n) is 8.54. The Morgan fingerprint density at radius 2 is 1.79 bits per heavy atom. The molecule has 0 saturated carbocycles. The summed E-state index contributed by atoms with van der Waals surface area (Å²) < 4.78 is 15.3. The highest BCUT2D eigenvalue weighted by Gasteiger charge is 2.16. The van der Waals surface area contributed by atoms with Crippen LogP contribution in [0.2, 0.25) is 10.0 Å². The van der Waals surface area contributed by atoms with Gasteiger partial charge in [0.25, 0.3) is 0 Å². The van der Waals surface area contributed by atoms with Crippen LogP contribution in [0, 0.1) is 5.82 Å². The van der Waals surface area contributed by atoms with Crippen molar-refractivity contribution in [1.82, 2.24) is 14.4 Å². The van der Waals surface area contributed by atoms with Crippen LogP contribution in [0.15, 0.2) is 85.3 Å².